The number of aliphatic hydroxyl groups excluding tert-OH is 1. The summed E-state index contributed by atoms with van der Waals surface area (Å²) in [5, 5.41) is 14.9. The first-order valence-corrected chi connectivity index (χ1v) is 7.38. The number of anilines is 1. The van der Waals surface area contributed by atoms with Crippen LogP contribution in [0.4, 0.5) is 10.5 Å². The second-order valence-electron chi connectivity index (χ2n) is 5.44. The van der Waals surface area contributed by atoms with Gasteiger partial charge in [0.2, 0.25) is 0 Å². The monoisotopic (exact) mass is 294 g/mol. The number of aliphatic hydroxyl groups is 1. The molecule has 0 fully saturated rings. The number of hydrogen-bond donors (Lipinski definition) is 3. The van der Waals surface area contributed by atoms with Gasteiger partial charge in [-0.2, -0.15) is 0 Å². The molecule has 2 atom stereocenters. The van der Waals surface area contributed by atoms with Crippen LogP contribution in [0.2, 0.25) is 0 Å². The van der Waals surface area contributed by atoms with Crippen LogP contribution in [0.1, 0.15) is 32.8 Å². The zero-order valence-electron chi connectivity index (χ0n) is 13.3. The molecule has 0 bridgehead atoms. The molecule has 1 rings (SSSR count). The van der Waals surface area contributed by atoms with Crippen LogP contribution in [-0.2, 0) is 0 Å². The lowest BCUT2D eigenvalue weighted by atomic mass is 10.1. The molecule has 0 radical (unpaired) electrons. The van der Waals surface area contributed by atoms with Gasteiger partial charge in [-0.3, -0.25) is 0 Å². The molecule has 21 heavy (non-hydrogen) atoms. The van der Waals surface area contributed by atoms with E-state index >= 15 is 0 Å². The number of aryl methyl sites for hydroxylation is 1. The van der Waals surface area contributed by atoms with E-state index in [1.807, 2.05) is 39.0 Å². The van der Waals surface area contributed by atoms with Crippen molar-refractivity contribution < 1.29 is 14.6 Å². The molecule has 0 aliphatic rings. The predicted molar refractivity (Wildman–Crippen MR) is 84.8 cm³/mol. The van der Waals surface area contributed by atoms with Gasteiger partial charge in [0, 0.05) is 18.3 Å². The Morgan fingerprint density at radius 2 is 2.10 bits per heavy atom. The number of hydrogen-bond acceptors (Lipinski definition) is 3. The van der Waals surface area contributed by atoms with E-state index in [4.69, 9.17) is 4.74 Å². The highest BCUT2D eigenvalue weighted by atomic mass is 16.5. The van der Waals surface area contributed by atoms with E-state index in [9.17, 15) is 9.90 Å². The van der Waals surface area contributed by atoms with Crippen molar-refractivity contribution in [3.8, 4) is 5.75 Å². The Morgan fingerprint density at radius 3 is 2.71 bits per heavy atom. The van der Waals surface area contributed by atoms with Crippen molar-refractivity contribution in [1.29, 1.82) is 0 Å². The second-order valence-corrected chi connectivity index (χ2v) is 5.44. The Labute approximate surface area is 126 Å². The van der Waals surface area contributed by atoms with Crippen LogP contribution in [0.15, 0.2) is 18.2 Å². The smallest absolute Gasteiger partial charge is 0.319 e. The van der Waals surface area contributed by atoms with Crippen LogP contribution in [0.25, 0.3) is 0 Å². The Hall–Kier alpha value is -1.75. The van der Waals surface area contributed by atoms with Crippen molar-refractivity contribution in [3.63, 3.8) is 0 Å². The fraction of sp³-hybridized carbons (Fsp3) is 0.562. The van der Waals surface area contributed by atoms with Crippen molar-refractivity contribution in [2.45, 2.75) is 40.2 Å². The number of ether oxygens (including phenoxy) is 1. The highest BCUT2D eigenvalue weighted by Gasteiger charge is 2.09. The third-order valence-electron chi connectivity index (χ3n) is 3.10. The van der Waals surface area contributed by atoms with E-state index < -0.39 is 0 Å². The minimum absolute atomic E-state index is 0.229. The number of urea groups is 1. The molecule has 1 aromatic rings. The molecule has 0 spiro atoms. The first kappa shape index (κ1) is 17.3. The van der Waals surface area contributed by atoms with E-state index in [2.05, 4.69) is 10.6 Å². The maximum Gasteiger partial charge on any atom is 0.319 e. The van der Waals surface area contributed by atoms with Crippen molar-refractivity contribution in [2.75, 3.05) is 18.5 Å². The minimum atomic E-state index is -0.351. The van der Waals surface area contributed by atoms with Crippen LogP contribution in [0.5, 0.6) is 5.75 Å². The summed E-state index contributed by atoms with van der Waals surface area (Å²) in [4.78, 5) is 11.8. The quantitative estimate of drug-likeness (QED) is 0.724. The topological polar surface area (TPSA) is 70.6 Å². The molecule has 1 aromatic carbocycles. The van der Waals surface area contributed by atoms with Gasteiger partial charge in [0.05, 0.1) is 12.7 Å². The third kappa shape index (κ3) is 6.49. The fourth-order valence-electron chi connectivity index (χ4n) is 2.10. The summed E-state index contributed by atoms with van der Waals surface area (Å²) in [6.45, 7) is 8.75. The summed E-state index contributed by atoms with van der Waals surface area (Å²) >= 11 is 0. The molecule has 3 N–H and O–H groups in total. The highest BCUT2D eigenvalue weighted by molar-refractivity contribution is 5.89. The SMILES string of the molecule is CCOc1cc(NC(=O)NC[C@@H](C)C[C@H](C)O)ccc1C. The van der Waals surface area contributed by atoms with Gasteiger partial charge in [0.15, 0.2) is 0 Å². The molecular weight excluding hydrogens is 268 g/mol. The zero-order valence-corrected chi connectivity index (χ0v) is 13.3. The summed E-state index contributed by atoms with van der Waals surface area (Å²) in [6.07, 6.45) is 0.315. The average molecular weight is 294 g/mol. The van der Waals surface area contributed by atoms with Gasteiger partial charge in [0.25, 0.3) is 0 Å². The number of amides is 2. The molecule has 0 heterocycles. The van der Waals surface area contributed by atoms with Crippen molar-refractivity contribution >= 4 is 11.7 Å². The Kier molecular flexibility index (Phi) is 7.02. The van der Waals surface area contributed by atoms with E-state index in [0.717, 1.165) is 11.3 Å². The van der Waals surface area contributed by atoms with Crippen LogP contribution >= 0.6 is 0 Å². The molecule has 0 saturated heterocycles. The van der Waals surface area contributed by atoms with Crippen LogP contribution in [0, 0.1) is 12.8 Å². The molecular formula is C16H26N2O3. The summed E-state index contributed by atoms with van der Waals surface area (Å²) in [5.41, 5.74) is 1.73. The maximum atomic E-state index is 11.8. The van der Waals surface area contributed by atoms with Crippen molar-refractivity contribution in [3.05, 3.63) is 23.8 Å². The van der Waals surface area contributed by atoms with Gasteiger partial charge < -0.3 is 20.5 Å². The Balaban J connectivity index is 2.49. The van der Waals surface area contributed by atoms with E-state index in [1.54, 1.807) is 6.92 Å². The average Bonchev–Trinajstić information content (AvgIpc) is 2.40. The molecule has 118 valence electrons. The number of carbonyl (C=O) groups is 1. The maximum absolute atomic E-state index is 11.8. The molecule has 0 unspecified atom stereocenters. The Bertz CT molecular complexity index is 461. The van der Waals surface area contributed by atoms with Crippen molar-refractivity contribution in [2.24, 2.45) is 5.92 Å². The van der Waals surface area contributed by atoms with E-state index in [0.29, 0.717) is 25.3 Å². The predicted octanol–water partition coefficient (Wildman–Crippen LogP) is 2.92. The lowest BCUT2D eigenvalue weighted by Crippen LogP contribution is -2.33. The lowest BCUT2D eigenvalue weighted by molar-refractivity contribution is 0.163. The molecule has 0 saturated carbocycles. The third-order valence-corrected chi connectivity index (χ3v) is 3.10. The summed E-state index contributed by atoms with van der Waals surface area (Å²) in [5.74, 6) is 1.01. The van der Waals surface area contributed by atoms with Crippen LogP contribution < -0.4 is 15.4 Å². The summed E-state index contributed by atoms with van der Waals surface area (Å²) in [7, 11) is 0. The van der Waals surface area contributed by atoms with Gasteiger partial charge in [-0.15, -0.1) is 0 Å². The zero-order chi connectivity index (χ0) is 15.8. The molecule has 0 aliphatic carbocycles. The lowest BCUT2D eigenvalue weighted by Gasteiger charge is -2.15. The highest BCUT2D eigenvalue weighted by Crippen LogP contribution is 2.22. The molecule has 5 nitrogen and oxygen atoms in total. The largest absolute Gasteiger partial charge is 0.494 e. The van der Waals surface area contributed by atoms with E-state index in [1.165, 1.54) is 0 Å². The fourth-order valence-corrected chi connectivity index (χ4v) is 2.10. The normalized spacial score (nSPS) is 13.4. The molecule has 0 aromatic heterocycles. The first-order valence-electron chi connectivity index (χ1n) is 7.38. The van der Waals surface area contributed by atoms with Gasteiger partial charge in [0.1, 0.15) is 5.75 Å². The number of rotatable bonds is 7. The molecule has 0 aliphatic heterocycles. The summed E-state index contributed by atoms with van der Waals surface area (Å²) in [6, 6.07) is 5.32. The van der Waals surface area contributed by atoms with Crippen molar-refractivity contribution in [1.82, 2.24) is 5.32 Å². The van der Waals surface area contributed by atoms with Crippen LogP contribution in [-0.4, -0.2) is 30.4 Å². The number of carbonyl (C=O) groups excluding carboxylic acids is 1. The van der Waals surface area contributed by atoms with Crippen LogP contribution in [0.3, 0.4) is 0 Å². The molecule has 2 amide bonds. The van der Waals surface area contributed by atoms with Gasteiger partial charge in [-0.1, -0.05) is 13.0 Å². The van der Waals surface area contributed by atoms with Gasteiger partial charge >= 0.3 is 6.03 Å². The first-order chi connectivity index (χ1) is 9.92. The Morgan fingerprint density at radius 1 is 1.38 bits per heavy atom. The summed E-state index contributed by atoms with van der Waals surface area (Å²) < 4.78 is 5.50. The van der Waals surface area contributed by atoms with Gasteiger partial charge in [-0.05, 0) is 44.7 Å². The standard InChI is InChI=1S/C16H26N2O3/c1-5-21-15-9-14(7-6-12(15)3)18-16(20)17-10-11(2)8-13(4)19/h6-7,9,11,13,19H,5,8,10H2,1-4H3,(H2,17,18,20)/t11-,13-/m0/s1. The minimum Gasteiger partial charge on any atom is -0.494 e. The number of nitrogens with one attached hydrogen (secondary N) is 2. The number of benzene rings is 1. The molecule has 5 heteroatoms. The van der Waals surface area contributed by atoms with E-state index in [-0.39, 0.29) is 18.1 Å². The van der Waals surface area contributed by atoms with Gasteiger partial charge in [-0.25, -0.2) is 4.79 Å². The second kappa shape index (κ2) is 8.52.